The monoisotopic (exact) mass is 395 g/mol. The van der Waals surface area contributed by atoms with Crippen LogP contribution in [0.25, 0.3) is 22.7 Å². The van der Waals surface area contributed by atoms with Crippen LogP contribution in [0.3, 0.4) is 0 Å². The molecule has 0 spiro atoms. The van der Waals surface area contributed by atoms with E-state index in [9.17, 15) is 9.18 Å². The molecule has 0 saturated heterocycles. The Bertz CT molecular complexity index is 984. The average molecular weight is 395 g/mol. The molecule has 1 aliphatic carbocycles. The Kier molecular flexibility index (Phi) is 5.51. The maximum Gasteiger partial charge on any atom is 0.287 e. The normalized spacial score (nSPS) is 15.6. The van der Waals surface area contributed by atoms with Crippen LogP contribution in [0.1, 0.15) is 62.5 Å². The van der Waals surface area contributed by atoms with Gasteiger partial charge < -0.3 is 14.3 Å². The molecular weight excluding hydrogens is 369 g/mol. The predicted molar refractivity (Wildman–Crippen MR) is 110 cm³/mol. The number of carbonyl (C=O) groups excluding carboxylic acids is 1. The van der Waals surface area contributed by atoms with Crippen LogP contribution in [-0.4, -0.2) is 21.5 Å². The first kappa shape index (κ1) is 19.4. The maximum absolute atomic E-state index is 13.4. The average Bonchev–Trinajstić information content (AvgIpc) is 3.46. The minimum atomic E-state index is -0.285. The number of nitrogens with zero attached hydrogens (tertiary/aromatic N) is 2. The summed E-state index contributed by atoms with van der Waals surface area (Å²) in [4.78, 5) is 17.1. The van der Waals surface area contributed by atoms with Gasteiger partial charge in [0, 0.05) is 17.6 Å². The van der Waals surface area contributed by atoms with Gasteiger partial charge in [-0.05, 0) is 62.6 Å². The Balaban J connectivity index is 1.74. The summed E-state index contributed by atoms with van der Waals surface area (Å²) in [6.07, 6.45) is 7.25. The van der Waals surface area contributed by atoms with Crippen LogP contribution in [0.4, 0.5) is 4.39 Å². The Morgan fingerprint density at radius 2 is 1.97 bits per heavy atom. The van der Waals surface area contributed by atoms with Gasteiger partial charge in [-0.15, -0.1) is 0 Å². The number of benzene rings is 1. The van der Waals surface area contributed by atoms with E-state index in [4.69, 9.17) is 4.42 Å². The zero-order valence-corrected chi connectivity index (χ0v) is 16.8. The highest BCUT2D eigenvalue weighted by Gasteiger charge is 2.26. The Morgan fingerprint density at radius 3 is 2.66 bits per heavy atom. The number of hydrogen-bond acceptors (Lipinski definition) is 3. The molecule has 0 bridgehead atoms. The number of furan rings is 1. The lowest BCUT2D eigenvalue weighted by Crippen LogP contribution is -2.31. The number of nitrogens with one attached hydrogen (secondary N) is 1. The second-order valence-electron chi connectivity index (χ2n) is 7.74. The largest absolute Gasteiger partial charge is 0.449 e. The van der Waals surface area contributed by atoms with Crippen molar-refractivity contribution in [3.8, 4) is 22.7 Å². The summed E-state index contributed by atoms with van der Waals surface area (Å²) in [6, 6.07) is 10.3. The van der Waals surface area contributed by atoms with E-state index in [1.165, 1.54) is 25.0 Å². The Morgan fingerprint density at radius 1 is 1.24 bits per heavy atom. The van der Waals surface area contributed by atoms with E-state index in [-0.39, 0.29) is 23.5 Å². The van der Waals surface area contributed by atoms with E-state index in [2.05, 4.69) is 14.9 Å². The highest BCUT2D eigenvalue weighted by atomic mass is 19.1. The van der Waals surface area contributed by atoms with Gasteiger partial charge in [0.2, 0.25) is 0 Å². The summed E-state index contributed by atoms with van der Waals surface area (Å²) in [5.41, 5.74) is 2.39. The van der Waals surface area contributed by atoms with E-state index in [1.54, 1.807) is 18.2 Å². The highest BCUT2D eigenvalue weighted by molar-refractivity contribution is 5.92. The van der Waals surface area contributed by atoms with Gasteiger partial charge in [0.15, 0.2) is 11.5 Å². The first-order valence-corrected chi connectivity index (χ1v) is 10.3. The number of amides is 1. The first-order valence-electron chi connectivity index (χ1n) is 10.3. The zero-order valence-electron chi connectivity index (χ0n) is 16.8. The molecule has 152 valence electrons. The van der Waals surface area contributed by atoms with Crippen molar-refractivity contribution in [2.45, 2.75) is 58.0 Å². The third kappa shape index (κ3) is 3.97. The molecule has 1 unspecified atom stereocenters. The molecule has 29 heavy (non-hydrogen) atoms. The molecule has 4 rings (SSSR count). The van der Waals surface area contributed by atoms with Crippen LogP contribution in [0.5, 0.6) is 0 Å². The maximum atomic E-state index is 13.4. The summed E-state index contributed by atoms with van der Waals surface area (Å²) >= 11 is 0. The fourth-order valence-corrected chi connectivity index (χ4v) is 3.87. The van der Waals surface area contributed by atoms with Crippen molar-refractivity contribution in [2.24, 2.45) is 0 Å². The van der Waals surface area contributed by atoms with Crippen molar-refractivity contribution in [2.75, 3.05) is 0 Å². The summed E-state index contributed by atoms with van der Waals surface area (Å²) in [5.74, 6) is 0.376. The van der Waals surface area contributed by atoms with Crippen LogP contribution < -0.4 is 5.32 Å². The Hall–Kier alpha value is -2.89. The quantitative estimate of drug-likeness (QED) is 0.592. The lowest BCUT2D eigenvalue weighted by molar-refractivity contribution is 0.0912. The number of hydrogen-bond donors (Lipinski definition) is 1. The SMILES string of the molecule is CCC(C)NC(=O)c1ccc(-c2c(-c3ccc(F)cc3)ncn2C2CCCC2)o1. The fraction of sp³-hybridized carbons (Fsp3) is 0.391. The van der Waals surface area contributed by atoms with Gasteiger partial charge in [-0.2, -0.15) is 0 Å². The van der Waals surface area contributed by atoms with Crippen molar-refractivity contribution >= 4 is 5.91 Å². The zero-order chi connectivity index (χ0) is 20.4. The summed E-state index contributed by atoms with van der Waals surface area (Å²) in [6.45, 7) is 3.98. The first-order chi connectivity index (χ1) is 14.1. The molecule has 0 radical (unpaired) electrons. The van der Waals surface area contributed by atoms with Crippen LogP contribution in [-0.2, 0) is 0 Å². The molecule has 2 heterocycles. The molecule has 5 nitrogen and oxygen atoms in total. The molecule has 2 aromatic heterocycles. The minimum Gasteiger partial charge on any atom is -0.449 e. The van der Waals surface area contributed by atoms with Gasteiger partial charge in [0.1, 0.15) is 11.5 Å². The lowest BCUT2D eigenvalue weighted by Gasteiger charge is -2.15. The second-order valence-corrected chi connectivity index (χ2v) is 7.74. The van der Waals surface area contributed by atoms with Crippen molar-refractivity contribution < 1.29 is 13.6 Å². The van der Waals surface area contributed by atoms with Crippen LogP contribution in [0.2, 0.25) is 0 Å². The number of halogens is 1. The third-order valence-corrected chi connectivity index (χ3v) is 5.68. The van der Waals surface area contributed by atoms with Crippen LogP contribution >= 0.6 is 0 Å². The smallest absolute Gasteiger partial charge is 0.287 e. The topological polar surface area (TPSA) is 60.1 Å². The third-order valence-electron chi connectivity index (χ3n) is 5.68. The molecule has 1 fully saturated rings. The number of carbonyl (C=O) groups is 1. The second kappa shape index (κ2) is 8.23. The van der Waals surface area contributed by atoms with Crippen molar-refractivity contribution in [1.82, 2.24) is 14.9 Å². The van der Waals surface area contributed by atoms with Crippen LogP contribution in [0, 0.1) is 5.82 Å². The molecule has 1 aliphatic rings. The molecule has 6 heteroatoms. The van der Waals surface area contributed by atoms with E-state index < -0.39 is 0 Å². The standard InChI is InChI=1S/C23H26FN3O2/c1-3-15(2)26-23(28)20-13-12-19(29-20)22-21(16-8-10-17(24)11-9-16)25-14-27(22)18-6-4-5-7-18/h8-15,18H,3-7H2,1-2H3,(H,26,28). The minimum absolute atomic E-state index is 0.0786. The predicted octanol–water partition coefficient (Wildman–Crippen LogP) is 5.59. The van der Waals surface area contributed by atoms with Gasteiger partial charge >= 0.3 is 0 Å². The molecule has 1 aromatic carbocycles. The van der Waals surface area contributed by atoms with Gasteiger partial charge in [0.25, 0.3) is 5.91 Å². The number of rotatable bonds is 6. The highest BCUT2D eigenvalue weighted by Crippen LogP contribution is 2.39. The van der Waals surface area contributed by atoms with Crippen molar-refractivity contribution in [3.05, 3.63) is 54.3 Å². The lowest BCUT2D eigenvalue weighted by atomic mass is 10.1. The molecule has 3 aromatic rings. The van der Waals surface area contributed by atoms with Gasteiger partial charge in [-0.25, -0.2) is 9.37 Å². The van der Waals surface area contributed by atoms with E-state index in [1.807, 2.05) is 26.2 Å². The molecule has 0 aliphatic heterocycles. The van der Waals surface area contributed by atoms with Gasteiger partial charge in [0.05, 0.1) is 12.0 Å². The number of imidazole rings is 1. The summed E-state index contributed by atoms with van der Waals surface area (Å²) in [5, 5.41) is 2.93. The fourth-order valence-electron chi connectivity index (χ4n) is 3.87. The molecule has 1 atom stereocenters. The molecule has 1 N–H and O–H groups in total. The molecule has 1 amide bonds. The van der Waals surface area contributed by atoms with E-state index in [0.717, 1.165) is 36.2 Å². The van der Waals surface area contributed by atoms with E-state index in [0.29, 0.717) is 11.8 Å². The van der Waals surface area contributed by atoms with Crippen LogP contribution in [0.15, 0.2) is 47.1 Å². The number of aromatic nitrogens is 2. The van der Waals surface area contributed by atoms with Crippen molar-refractivity contribution in [1.29, 1.82) is 0 Å². The van der Waals surface area contributed by atoms with E-state index >= 15 is 0 Å². The molecule has 1 saturated carbocycles. The summed E-state index contributed by atoms with van der Waals surface area (Å²) in [7, 11) is 0. The Labute approximate surface area is 169 Å². The van der Waals surface area contributed by atoms with Gasteiger partial charge in [-0.1, -0.05) is 19.8 Å². The summed E-state index contributed by atoms with van der Waals surface area (Å²) < 4.78 is 21.5. The van der Waals surface area contributed by atoms with Crippen molar-refractivity contribution in [3.63, 3.8) is 0 Å². The van der Waals surface area contributed by atoms with Gasteiger partial charge in [-0.3, -0.25) is 4.79 Å². The molecular formula is C23H26FN3O2.